The third-order valence-electron chi connectivity index (χ3n) is 3.95. The summed E-state index contributed by atoms with van der Waals surface area (Å²) in [4.78, 5) is 19.7. The number of aryl methyl sites for hydroxylation is 1. The largest absolute Gasteiger partial charge is 0.359 e. The van der Waals surface area contributed by atoms with Crippen LogP contribution in [-0.4, -0.2) is 21.6 Å². The molecule has 0 atom stereocenters. The van der Waals surface area contributed by atoms with Crippen molar-refractivity contribution in [3.63, 3.8) is 0 Å². The molecule has 0 aromatic carbocycles. The van der Waals surface area contributed by atoms with Gasteiger partial charge in [-0.3, -0.25) is 9.78 Å². The number of hydrazone groups is 1. The van der Waals surface area contributed by atoms with E-state index in [0.717, 1.165) is 17.8 Å². The zero-order chi connectivity index (χ0) is 15.7. The molecule has 22 heavy (non-hydrogen) atoms. The Morgan fingerprint density at radius 1 is 1.27 bits per heavy atom. The van der Waals surface area contributed by atoms with Crippen LogP contribution >= 0.6 is 0 Å². The van der Waals surface area contributed by atoms with E-state index in [2.05, 4.69) is 41.3 Å². The highest BCUT2D eigenvalue weighted by Gasteiger charge is 2.25. The molecule has 5 nitrogen and oxygen atoms in total. The zero-order valence-electron chi connectivity index (χ0n) is 12.9. The maximum absolute atomic E-state index is 12.1. The number of aromatic amines is 1. The van der Waals surface area contributed by atoms with E-state index in [9.17, 15) is 4.79 Å². The van der Waals surface area contributed by atoms with E-state index in [1.54, 1.807) is 6.20 Å². The van der Waals surface area contributed by atoms with Crippen LogP contribution < -0.4 is 5.43 Å². The Morgan fingerprint density at radius 2 is 2.09 bits per heavy atom. The minimum absolute atomic E-state index is 0.203. The van der Waals surface area contributed by atoms with Crippen LogP contribution in [0.2, 0.25) is 0 Å². The highest BCUT2D eigenvalue weighted by molar-refractivity contribution is 6.32. The monoisotopic (exact) mass is 294 g/mol. The molecule has 0 spiro atoms. The van der Waals surface area contributed by atoms with Gasteiger partial charge in [0, 0.05) is 17.6 Å². The summed E-state index contributed by atoms with van der Waals surface area (Å²) in [6.07, 6.45) is 4.51. The second kappa shape index (κ2) is 5.60. The average Bonchev–Trinajstić information content (AvgIpc) is 3.01. The lowest BCUT2D eigenvalue weighted by atomic mass is 10.0. The van der Waals surface area contributed by atoms with Gasteiger partial charge in [-0.15, -0.1) is 0 Å². The minimum atomic E-state index is -0.203. The number of carbonyl (C=O) groups is 1. The molecule has 1 amide bonds. The Morgan fingerprint density at radius 3 is 2.73 bits per heavy atom. The third-order valence-corrected chi connectivity index (χ3v) is 3.95. The Hall–Kier alpha value is -2.69. The number of carbonyl (C=O) groups excluding carboxylic acids is 1. The van der Waals surface area contributed by atoms with Crippen LogP contribution in [0.15, 0.2) is 35.1 Å². The van der Waals surface area contributed by atoms with Gasteiger partial charge < -0.3 is 4.98 Å². The fraction of sp³-hybridized carbons (Fsp3) is 0.235. The van der Waals surface area contributed by atoms with Crippen LogP contribution in [0, 0.1) is 13.8 Å². The van der Waals surface area contributed by atoms with E-state index in [0.29, 0.717) is 17.0 Å². The van der Waals surface area contributed by atoms with Crippen molar-refractivity contribution in [1.29, 1.82) is 0 Å². The summed E-state index contributed by atoms with van der Waals surface area (Å²) in [5, 5.41) is 4.12. The van der Waals surface area contributed by atoms with Gasteiger partial charge in [0.05, 0.1) is 11.3 Å². The lowest BCUT2D eigenvalue weighted by molar-refractivity contribution is -0.116. The summed E-state index contributed by atoms with van der Waals surface area (Å²) in [6.45, 7) is 6.25. The smallest absolute Gasteiger partial charge is 0.273 e. The molecule has 0 saturated heterocycles. The molecule has 0 saturated carbocycles. The zero-order valence-corrected chi connectivity index (χ0v) is 12.9. The van der Waals surface area contributed by atoms with E-state index < -0.39 is 0 Å². The molecular weight excluding hydrogens is 276 g/mol. The van der Waals surface area contributed by atoms with Crippen LogP contribution in [0.4, 0.5) is 0 Å². The maximum atomic E-state index is 12.1. The number of rotatable bonds is 3. The summed E-state index contributed by atoms with van der Waals surface area (Å²) in [7, 11) is 0. The number of nitrogens with zero attached hydrogens (tertiary/aromatic N) is 2. The first-order valence-corrected chi connectivity index (χ1v) is 7.31. The van der Waals surface area contributed by atoms with Crippen LogP contribution in [0.1, 0.15) is 35.1 Å². The molecule has 112 valence electrons. The van der Waals surface area contributed by atoms with Gasteiger partial charge in [-0.05, 0) is 49.6 Å². The van der Waals surface area contributed by atoms with Crippen molar-refractivity contribution in [3.05, 3.63) is 58.2 Å². The first-order chi connectivity index (χ1) is 10.6. The van der Waals surface area contributed by atoms with Gasteiger partial charge in [-0.2, -0.15) is 5.10 Å². The first kappa shape index (κ1) is 14.3. The topological polar surface area (TPSA) is 70.1 Å². The van der Waals surface area contributed by atoms with Crippen molar-refractivity contribution in [3.8, 4) is 0 Å². The van der Waals surface area contributed by atoms with Crippen molar-refractivity contribution >= 4 is 17.7 Å². The standard InChI is InChI=1S/C17H18N4O/c1-4-12-10(2)15(19-11(12)3)9-13-16(20-21-17(13)22)14-7-5-6-8-18-14/h5-9,19H,4H2,1-3H3,(H,21,22)/b13-9+. The summed E-state index contributed by atoms with van der Waals surface area (Å²) >= 11 is 0. The van der Waals surface area contributed by atoms with Crippen LogP contribution in [0.25, 0.3) is 6.08 Å². The summed E-state index contributed by atoms with van der Waals surface area (Å²) in [5.74, 6) is -0.203. The molecule has 1 aliphatic heterocycles. The van der Waals surface area contributed by atoms with Crippen LogP contribution in [0.5, 0.6) is 0 Å². The molecule has 2 aromatic rings. The van der Waals surface area contributed by atoms with Crippen molar-refractivity contribution < 1.29 is 4.79 Å². The number of nitrogens with one attached hydrogen (secondary N) is 2. The lowest BCUT2D eigenvalue weighted by Gasteiger charge is -2.01. The number of hydrogen-bond donors (Lipinski definition) is 2. The molecular formula is C17H18N4O. The molecule has 0 bridgehead atoms. The van der Waals surface area contributed by atoms with Gasteiger partial charge in [0.25, 0.3) is 5.91 Å². The summed E-state index contributed by atoms with van der Waals surface area (Å²) < 4.78 is 0. The quantitative estimate of drug-likeness (QED) is 0.854. The molecule has 0 radical (unpaired) electrons. The SMILES string of the molecule is CCc1c(C)[nH]c(/C=C2/C(=O)NN=C2c2ccccn2)c1C. The Bertz CT molecular complexity index is 784. The Kier molecular flexibility index (Phi) is 3.63. The lowest BCUT2D eigenvalue weighted by Crippen LogP contribution is -2.14. The van der Waals surface area contributed by atoms with Crippen LogP contribution in [-0.2, 0) is 11.2 Å². The second-order valence-electron chi connectivity index (χ2n) is 5.30. The van der Waals surface area contributed by atoms with Gasteiger partial charge in [-0.25, -0.2) is 5.43 Å². The molecule has 0 unspecified atom stereocenters. The van der Waals surface area contributed by atoms with Crippen molar-refractivity contribution in [2.45, 2.75) is 27.2 Å². The highest BCUT2D eigenvalue weighted by atomic mass is 16.2. The van der Waals surface area contributed by atoms with Gasteiger partial charge >= 0.3 is 0 Å². The first-order valence-electron chi connectivity index (χ1n) is 7.31. The predicted octanol–water partition coefficient (Wildman–Crippen LogP) is 2.51. The second-order valence-corrected chi connectivity index (χ2v) is 5.30. The fourth-order valence-corrected chi connectivity index (χ4v) is 2.80. The molecule has 0 aliphatic carbocycles. The highest BCUT2D eigenvalue weighted by Crippen LogP contribution is 2.23. The van der Waals surface area contributed by atoms with E-state index in [4.69, 9.17) is 0 Å². The number of H-pyrrole nitrogens is 1. The normalized spacial score (nSPS) is 16.0. The molecule has 2 N–H and O–H groups in total. The molecule has 3 rings (SSSR count). The van der Waals surface area contributed by atoms with E-state index in [1.807, 2.05) is 24.3 Å². The number of amides is 1. The van der Waals surface area contributed by atoms with Crippen molar-refractivity contribution in [2.24, 2.45) is 5.10 Å². The van der Waals surface area contributed by atoms with Gasteiger partial charge in [0.15, 0.2) is 0 Å². The predicted molar refractivity (Wildman–Crippen MR) is 86.5 cm³/mol. The Balaban J connectivity index is 2.06. The molecule has 1 aliphatic rings. The minimum Gasteiger partial charge on any atom is -0.359 e. The van der Waals surface area contributed by atoms with E-state index in [-0.39, 0.29) is 5.91 Å². The Labute approximate surface area is 129 Å². The van der Waals surface area contributed by atoms with Crippen molar-refractivity contribution in [2.75, 3.05) is 0 Å². The van der Waals surface area contributed by atoms with Gasteiger partial charge in [0.2, 0.25) is 0 Å². The third kappa shape index (κ3) is 2.35. The molecule has 0 fully saturated rings. The van der Waals surface area contributed by atoms with Gasteiger partial charge in [0.1, 0.15) is 5.71 Å². The number of aromatic nitrogens is 2. The fourth-order valence-electron chi connectivity index (χ4n) is 2.80. The maximum Gasteiger partial charge on any atom is 0.273 e. The van der Waals surface area contributed by atoms with E-state index >= 15 is 0 Å². The van der Waals surface area contributed by atoms with Crippen LogP contribution in [0.3, 0.4) is 0 Å². The molecule has 5 heteroatoms. The number of pyridine rings is 1. The molecule has 2 aromatic heterocycles. The van der Waals surface area contributed by atoms with E-state index in [1.165, 1.54) is 11.1 Å². The summed E-state index contributed by atoms with van der Waals surface area (Å²) in [6, 6.07) is 5.56. The number of hydrogen-bond acceptors (Lipinski definition) is 3. The molecule has 3 heterocycles. The average molecular weight is 294 g/mol. The van der Waals surface area contributed by atoms with Gasteiger partial charge in [-0.1, -0.05) is 13.0 Å². The van der Waals surface area contributed by atoms with Crippen molar-refractivity contribution in [1.82, 2.24) is 15.4 Å². The summed E-state index contributed by atoms with van der Waals surface area (Å²) in [5.41, 5.74) is 8.87.